The van der Waals surface area contributed by atoms with E-state index < -0.39 is 17.0 Å². The summed E-state index contributed by atoms with van der Waals surface area (Å²) in [4.78, 5) is 26.1. The van der Waals surface area contributed by atoms with Gasteiger partial charge in [-0.2, -0.15) is 0 Å². The predicted octanol–water partition coefficient (Wildman–Crippen LogP) is -2.62. The summed E-state index contributed by atoms with van der Waals surface area (Å²) in [5, 5.41) is 32.6. The van der Waals surface area contributed by atoms with Gasteiger partial charge in [-0.1, -0.05) is 0 Å². The minimum absolute atomic E-state index is 0. The SMILES string of the molecule is O=C([O-])C(=O)[O-].O=[N+]([O-])[O-].[Ce].[NH4+].[NH4+].[NH4+]. The Labute approximate surface area is 112 Å². The van der Waals surface area contributed by atoms with Crippen LogP contribution in [0.15, 0.2) is 0 Å². The Morgan fingerprint density at radius 3 is 0.929 bits per heavy atom. The normalized spacial score (nSPS) is 4.86. The van der Waals surface area contributed by atoms with Gasteiger partial charge in [-0.15, -0.1) is 0 Å². The van der Waals surface area contributed by atoms with E-state index in [1.807, 2.05) is 0 Å². The summed E-state index contributed by atoms with van der Waals surface area (Å²) in [7, 11) is 0. The van der Waals surface area contributed by atoms with E-state index in [9.17, 15) is 0 Å². The van der Waals surface area contributed by atoms with Gasteiger partial charge in [-0.05, 0) is 0 Å². The molecule has 0 heterocycles. The number of hydrogen-bond acceptors (Lipinski definition) is 7. The summed E-state index contributed by atoms with van der Waals surface area (Å²) in [6.45, 7) is 0. The third-order valence-corrected chi connectivity index (χ3v) is 0.167. The molecule has 0 aliphatic carbocycles. The molecule has 0 saturated carbocycles. The van der Waals surface area contributed by atoms with E-state index in [1.165, 1.54) is 0 Å². The van der Waals surface area contributed by atoms with Gasteiger partial charge in [0.05, 0.1) is 17.0 Å². The van der Waals surface area contributed by atoms with E-state index in [0.717, 1.165) is 0 Å². The fraction of sp³-hybridized carbons (Fsp3) is 0. The molecule has 12 N–H and O–H groups in total. The molecular weight excluding hydrogens is 332 g/mol. The van der Waals surface area contributed by atoms with Crippen molar-refractivity contribution in [3.8, 4) is 0 Å². The van der Waals surface area contributed by atoms with Crippen LogP contribution in [-0.4, -0.2) is 17.0 Å². The first kappa shape index (κ1) is 37.6. The molecule has 0 aromatic rings. The van der Waals surface area contributed by atoms with Crippen LogP contribution in [0.25, 0.3) is 0 Å². The van der Waals surface area contributed by atoms with E-state index >= 15 is 0 Å². The second kappa shape index (κ2) is 22.8. The standard InChI is InChI=1S/C2H2O4.Ce.NO3.3H3N/c3-1(4)2(5)6;;2-1(3)4;;;/h(H,3,4)(H,5,6);;;3*1H3/q;;-1;;;/p+1. The van der Waals surface area contributed by atoms with Gasteiger partial charge in [0.1, 0.15) is 0 Å². The average molecular weight is 344 g/mol. The second-order valence-corrected chi connectivity index (χ2v) is 0.799. The van der Waals surface area contributed by atoms with E-state index in [0.29, 0.717) is 0 Å². The molecule has 0 saturated heterocycles. The summed E-state index contributed by atoms with van der Waals surface area (Å²) < 4.78 is 0. The molecule has 11 nitrogen and oxygen atoms in total. The average Bonchev–Trinajstić information content (AvgIpc) is 1.63. The number of carbonyl (C=O) groups is 2. The van der Waals surface area contributed by atoms with Crippen LogP contribution in [0.3, 0.4) is 0 Å². The summed E-state index contributed by atoms with van der Waals surface area (Å²) in [5.41, 5.74) is 0. The van der Waals surface area contributed by atoms with Crippen LogP contribution < -0.4 is 28.7 Å². The first-order valence-electron chi connectivity index (χ1n) is 1.61. The smallest absolute Gasteiger partial charge is 0.0870 e. The van der Waals surface area contributed by atoms with Gasteiger partial charge in [-0.25, -0.2) is 0 Å². The fourth-order valence-electron chi connectivity index (χ4n) is 0. The molecular formula is C2H12CeN4O7. The van der Waals surface area contributed by atoms with E-state index in [2.05, 4.69) is 0 Å². The summed E-state index contributed by atoms with van der Waals surface area (Å²) in [6.07, 6.45) is 0. The number of hydrogen-bond donors (Lipinski definition) is 3. The van der Waals surface area contributed by atoms with Crippen molar-refractivity contribution in [2.45, 2.75) is 0 Å². The summed E-state index contributed by atoms with van der Waals surface area (Å²) >= 11 is 0. The zero-order valence-electron chi connectivity index (χ0n) is 7.80. The van der Waals surface area contributed by atoms with Crippen LogP contribution in [-0.2, 0) is 9.59 Å². The van der Waals surface area contributed by atoms with Crippen molar-refractivity contribution in [1.82, 2.24) is 18.5 Å². The fourth-order valence-corrected chi connectivity index (χ4v) is 0. The number of carboxylic acid groups (broad SMARTS) is 2. The van der Waals surface area contributed by atoms with E-state index in [4.69, 9.17) is 35.1 Å². The van der Waals surface area contributed by atoms with Gasteiger partial charge in [-0.3, -0.25) is 0 Å². The number of carboxylic acids is 2. The van der Waals surface area contributed by atoms with Gasteiger partial charge in [0, 0.05) is 41.7 Å². The zero-order valence-corrected chi connectivity index (χ0v) is 10.9. The third kappa shape index (κ3) is 107. The summed E-state index contributed by atoms with van der Waals surface area (Å²) in [6, 6.07) is 0. The molecule has 0 spiro atoms. The second-order valence-electron chi connectivity index (χ2n) is 0.799. The molecule has 0 aromatic heterocycles. The van der Waals surface area contributed by atoms with Crippen LogP contribution in [0.2, 0.25) is 0 Å². The van der Waals surface area contributed by atoms with Crippen molar-refractivity contribution < 1.29 is 66.6 Å². The van der Waals surface area contributed by atoms with Crippen molar-refractivity contribution in [1.29, 1.82) is 0 Å². The number of rotatable bonds is 0. The zero-order chi connectivity index (χ0) is 8.73. The molecule has 0 aromatic carbocycles. The van der Waals surface area contributed by atoms with Gasteiger partial charge >= 0.3 is 0 Å². The first-order valence-corrected chi connectivity index (χ1v) is 1.61. The van der Waals surface area contributed by atoms with Gasteiger partial charge in [0.2, 0.25) is 0 Å². The summed E-state index contributed by atoms with van der Waals surface area (Å²) in [5.74, 6) is -4.37. The van der Waals surface area contributed by atoms with Crippen LogP contribution >= 0.6 is 0 Å². The Hall–Kier alpha value is -0.603. The largest absolute Gasteiger partial charge is 0.543 e. The maximum Gasteiger partial charge on any atom is 0.0870 e. The Morgan fingerprint density at radius 1 is 0.857 bits per heavy atom. The molecule has 0 bridgehead atoms. The van der Waals surface area contributed by atoms with Gasteiger partial charge < -0.3 is 53.6 Å². The maximum absolute atomic E-state index is 8.93. The Kier molecular flexibility index (Phi) is 61.4. The minimum Gasteiger partial charge on any atom is -0.543 e. The van der Waals surface area contributed by atoms with E-state index in [-0.39, 0.29) is 60.2 Å². The van der Waals surface area contributed by atoms with E-state index in [1.54, 1.807) is 0 Å². The molecule has 0 aliphatic rings. The number of aliphatic carboxylic acids is 2. The van der Waals surface area contributed by atoms with Crippen molar-refractivity contribution in [2.24, 2.45) is 0 Å². The molecule has 0 fully saturated rings. The van der Waals surface area contributed by atoms with Crippen molar-refractivity contribution in [3.05, 3.63) is 15.3 Å². The van der Waals surface area contributed by atoms with Crippen molar-refractivity contribution >= 4 is 11.9 Å². The molecule has 0 amide bonds. The molecule has 0 aliphatic heterocycles. The molecule has 0 unspecified atom stereocenters. The Morgan fingerprint density at radius 2 is 0.929 bits per heavy atom. The minimum atomic E-state index is -2.19. The van der Waals surface area contributed by atoms with Gasteiger partial charge in [0.15, 0.2) is 0 Å². The van der Waals surface area contributed by atoms with Crippen LogP contribution in [0, 0.1) is 57.1 Å². The molecule has 86 valence electrons. The quantitative estimate of drug-likeness (QED) is 0.239. The molecule has 14 heavy (non-hydrogen) atoms. The number of carbonyl (C=O) groups excluding carboxylic acids is 2. The van der Waals surface area contributed by atoms with Crippen molar-refractivity contribution in [3.63, 3.8) is 0 Å². The van der Waals surface area contributed by atoms with Crippen LogP contribution in [0.5, 0.6) is 0 Å². The molecule has 12 heteroatoms. The topological polar surface area (TPSA) is 256 Å². The Balaban J connectivity index is -0.0000000185. The maximum atomic E-state index is 8.93. The van der Waals surface area contributed by atoms with Crippen molar-refractivity contribution in [2.75, 3.05) is 0 Å². The third-order valence-electron chi connectivity index (χ3n) is 0.167. The number of quaternary nitrogens is 3. The number of nitrogens with zero attached hydrogens (tertiary/aromatic N) is 1. The predicted molar refractivity (Wildman–Crippen MR) is 38.3 cm³/mol. The van der Waals surface area contributed by atoms with Gasteiger partial charge in [0.25, 0.3) is 0 Å². The molecule has 0 rings (SSSR count). The monoisotopic (exact) mass is 344 g/mol. The van der Waals surface area contributed by atoms with Crippen LogP contribution in [0.1, 0.15) is 0 Å². The molecule has 0 atom stereocenters. The van der Waals surface area contributed by atoms with Crippen LogP contribution in [0.4, 0.5) is 0 Å². The Bertz CT molecular complexity index is 146. The first-order chi connectivity index (χ1) is 4.37. The molecule has 0 radical (unpaired) electrons.